The van der Waals surface area contributed by atoms with E-state index in [9.17, 15) is 4.79 Å². The fraction of sp³-hybridized carbons (Fsp3) is 0.312. The molecule has 0 radical (unpaired) electrons. The maximum atomic E-state index is 13.2. The number of carbonyl (C=O) groups is 1. The molecule has 0 atom stereocenters. The lowest BCUT2D eigenvalue weighted by Gasteiger charge is -2.36. The molecule has 3 aromatic carbocycles. The van der Waals surface area contributed by atoms with Crippen LogP contribution in [0.1, 0.15) is 68.3 Å². The molecule has 6 heteroatoms. The molecule has 3 aromatic rings. The molecule has 198 valence electrons. The summed E-state index contributed by atoms with van der Waals surface area (Å²) >= 11 is 0. The van der Waals surface area contributed by atoms with Gasteiger partial charge in [0, 0.05) is 11.3 Å². The summed E-state index contributed by atoms with van der Waals surface area (Å²) in [7, 11) is 0. The van der Waals surface area contributed by atoms with Crippen molar-refractivity contribution in [1.82, 2.24) is 10.2 Å². The third-order valence-electron chi connectivity index (χ3n) is 7.35. The highest BCUT2D eigenvalue weighted by atomic mass is 16.5. The summed E-state index contributed by atoms with van der Waals surface area (Å²) in [4.78, 5) is 19.5. The van der Waals surface area contributed by atoms with Crippen molar-refractivity contribution in [2.45, 2.75) is 58.2 Å². The summed E-state index contributed by atoms with van der Waals surface area (Å²) in [5.41, 5.74) is 10.8. The minimum absolute atomic E-state index is 0.0146. The van der Waals surface area contributed by atoms with E-state index >= 15 is 0 Å². The number of ether oxygens (including phenoxy) is 1. The average molecular weight is 511 g/mol. The van der Waals surface area contributed by atoms with Crippen molar-refractivity contribution in [3.8, 4) is 5.75 Å². The van der Waals surface area contributed by atoms with Crippen LogP contribution in [0.4, 0.5) is 0 Å². The van der Waals surface area contributed by atoms with E-state index in [1.54, 1.807) is 4.90 Å². The van der Waals surface area contributed by atoms with Gasteiger partial charge in [0.1, 0.15) is 5.75 Å². The molecule has 1 aliphatic heterocycles. The van der Waals surface area contributed by atoms with E-state index in [4.69, 9.17) is 15.5 Å². The molecule has 0 fully saturated rings. The van der Waals surface area contributed by atoms with Gasteiger partial charge in [-0.2, -0.15) is 0 Å². The fourth-order valence-electron chi connectivity index (χ4n) is 4.94. The van der Waals surface area contributed by atoms with E-state index in [2.05, 4.69) is 50.0 Å². The molecule has 4 rings (SSSR count). The molecule has 0 bridgehead atoms. The molecule has 3 N–H and O–H groups in total. The molecule has 6 nitrogen and oxygen atoms in total. The molecule has 0 aromatic heterocycles. The maximum Gasteiger partial charge on any atom is 0.232 e. The molecule has 1 amide bonds. The standard InChI is InChI=1S/C32H38N4O2/c1-5-32(6-2)21-29(37)36(31(33)35-32)22-27-20-26(18-19-28(27)38-7-3)23(4)34-30(24-14-10-8-11-15-24)25-16-12-9-13-17-25/h8-20,30,34H,4-7,21-22H2,1-3H3,(H2,33,35). The van der Waals surface area contributed by atoms with Crippen LogP contribution in [0.25, 0.3) is 5.70 Å². The van der Waals surface area contributed by atoms with Gasteiger partial charge < -0.3 is 15.8 Å². The molecule has 1 aliphatic rings. The maximum absolute atomic E-state index is 13.2. The Labute approximate surface area is 226 Å². The van der Waals surface area contributed by atoms with Crippen LogP contribution in [-0.4, -0.2) is 28.9 Å². The number of nitrogens with one attached hydrogen (secondary N) is 1. The van der Waals surface area contributed by atoms with Crippen molar-refractivity contribution in [3.05, 3.63) is 108 Å². The topological polar surface area (TPSA) is 80.0 Å². The molecule has 0 aliphatic carbocycles. The van der Waals surface area contributed by atoms with Crippen LogP contribution in [0.3, 0.4) is 0 Å². The Hall–Kier alpha value is -4.06. The van der Waals surface area contributed by atoms with Crippen LogP contribution < -0.4 is 15.8 Å². The number of guanidine groups is 1. The van der Waals surface area contributed by atoms with Crippen molar-refractivity contribution < 1.29 is 9.53 Å². The quantitative estimate of drug-likeness (QED) is 0.330. The van der Waals surface area contributed by atoms with Crippen molar-refractivity contribution in [2.75, 3.05) is 6.61 Å². The van der Waals surface area contributed by atoms with Gasteiger partial charge in [-0.1, -0.05) is 81.1 Å². The Morgan fingerprint density at radius 1 is 1.03 bits per heavy atom. The highest BCUT2D eigenvalue weighted by molar-refractivity contribution is 5.99. The van der Waals surface area contributed by atoms with Gasteiger partial charge in [-0.25, -0.2) is 4.99 Å². The largest absolute Gasteiger partial charge is 0.494 e. The number of benzene rings is 3. The van der Waals surface area contributed by atoms with E-state index in [-0.39, 0.29) is 24.5 Å². The minimum Gasteiger partial charge on any atom is -0.494 e. The number of hydrogen-bond acceptors (Lipinski definition) is 5. The van der Waals surface area contributed by atoms with Gasteiger partial charge in [-0.05, 0) is 54.7 Å². The molecular weight excluding hydrogens is 472 g/mol. The zero-order valence-electron chi connectivity index (χ0n) is 22.6. The van der Waals surface area contributed by atoms with Crippen LogP contribution in [0.15, 0.2) is 90.4 Å². The Kier molecular flexibility index (Phi) is 8.52. The lowest BCUT2D eigenvalue weighted by atomic mass is 9.88. The van der Waals surface area contributed by atoms with Crippen molar-refractivity contribution >= 4 is 17.6 Å². The first kappa shape index (κ1) is 27.0. The van der Waals surface area contributed by atoms with Gasteiger partial charge in [-0.15, -0.1) is 0 Å². The predicted octanol–water partition coefficient (Wildman–Crippen LogP) is 6.04. The lowest BCUT2D eigenvalue weighted by Crippen LogP contribution is -2.50. The average Bonchev–Trinajstić information content (AvgIpc) is 2.95. The van der Waals surface area contributed by atoms with Crippen LogP contribution in [-0.2, 0) is 11.3 Å². The summed E-state index contributed by atoms with van der Waals surface area (Å²) < 4.78 is 5.92. The van der Waals surface area contributed by atoms with E-state index in [1.807, 2.05) is 61.5 Å². The SMILES string of the molecule is C=C(NC(c1ccccc1)c1ccccc1)c1ccc(OCC)c(CN2C(=O)CC(CC)(CC)N=C2N)c1. The van der Waals surface area contributed by atoms with Crippen LogP contribution in [0, 0.1) is 0 Å². The summed E-state index contributed by atoms with van der Waals surface area (Å²) in [6.45, 7) is 11.2. The monoisotopic (exact) mass is 510 g/mol. The number of rotatable bonds is 11. The first-order valence-corrected chi connectivity index (χ1v) is 13.4. The second-order valence-corrected chi connectivity index (χ2v) is 9.69. The van der Waals surface area contributed by atoms with Crippen molar-refractivity contribution in [2.24, 2.45) is 10.7 Å². The smallest absolute Gasteiger partial charge is 0.232 e. The van der Waals surface area contributed by atoms with Gasteiger partial charge >= 0.3 is 0 Å². The Morgan fingerprint density at radius 3 is 2.16 bits per heavy atom. The van der Waals surface area contributed by atoms with Gasteiger partial charge in [-0.3, -0.25) is 9.69 Å². The van der Waals surface area contributed by atoms with Crippen molar-refractivity contribution in [1.29, 1.82) is 0 Å². The number of aliphatic imine (C=N–C) groups is 1. The first-order chi connectivity index (χ1) is 18.4. The summed E-state index contributed by atoms with van der Waals surface area (Å²) in [5, 5.41) is 3.63. The van der Waals surface area contributed by atoms with Crippen molar-refractivity contribution in [3.63, 3.8) is 0 Å². The number of nitrogens with zero attached hydrogens (tertiary/aromatic N) is 2. The molecule has 38 heavy (non-hydrogen) atoms. The van der Waals surface area contributed by atoms with Gasteiger partial charge in [0.25, 0.3) is 0 Å². The normalized spacial score (nSPS) is 14.8. The van der Waals surface area contributed by atoms with Crippen LogP contribution in [0.5, 0.6) is 5.75 Å². The second kappa shape index (κ2) is 12.0. The Morgan fingerprint density at radius 2 is 1.63 bits per heavy atom. The highest BCUT2D eigenvalue weighted by Gasteiger charge is 2.37. The van der Waals surface area contributed by atoms with E-state index < -0.39 is 5.54 Å². The summed E-state index contributed by atoms with van der Waals surface area (Å²) in [6, 6.07) is 26.5. The first-order valence-electron chi connectivity index (χ1n) is 13.4. The molecule has 0 saturated heterocycles. The fourth-order valence-corrected chi connectivity index (χ4v) is 4.94. The lowest BCUT2D eigenvalue weighted by molar-refractivity contribution is -0.130. The van der Waals surface area contributed by atoms with Gasteiger partial charge in [0.2, 0.25) is 5.91 Å². The van der Waals surface area contributed by atoms with Crippen LogP contribution >= 0.6 is 0 Å². The molecule has 0 unspecified atom stereocenters. The Bertz CT molecular complexity index is 1240. The zero-order chi connectivity index (χ0) is 27.1. The minimum atomic E-state index is -0.412. The predicted molar refractivity (Wildman–Crippen MR) is 155 cm³/mol. The van der Waals surface area contributed by atoms with E-state index in [1.165, 1.54) is 0 Å². The molecular formula is C32H38N4O2. The van der Waals surface area contributed by atoms with E-state index in [0.717, 1.165) is 46.5 Å². The summed E-state index contributed by atoms with van der Waals surface area (Å²) in [6.07, 6.45) is 1.91. The third-order valence-corrected chi connectivity index (χ3v) is 7.35. The number of carbonyl (C=O) groups excluding carboxylic acids is 1. The third kappa shape index (κ3) is 5.91. The highest BCUT2D eigenvalue weighted by Crippen LogP contribution is 2.32. The van der Waals surface area contributed by atoms with Gasteiger partial charge in [0.05, 0.1) is 31.2 Å². The molecule has 0 saturated carbocycles. The Balaban J connectivity index is 1.63. The summed E-state index contributed by atoms with van der Waals surface area (Å²) in [5.74, 6) is 0.970. The van der Waals surface area contributed by atoms with Crippen LogP contribution in [0.2, 0.25) is 0 Å². The molecule has 0 spiro atoms. The van der Waals surface area contributed by atoms with E-state index in [0.29, 0.717) is 13.0 Å². The number of hydrogen-bond donors (Lipinski definition) is 2. The second-order valence-electron chi connectivity index (χ2n) is 9.69. The van der Waals surface area contributed by atoms with Gasteiger partial charge in [0.15, 0.2) is 5.96 Å². The number of nitrogens with two attached hydrogens (primary N) is 1. The number of amides is 1. The molecule has 1 heterocycles. The zero-order valence-corrected chi connectivity index (χ0v) is 22.6.